The molecular formula is C8H14O3. The Hall–Kier alpha value is -0.700. The Bertz CT molecular complexity index is 168. The fourth-order valence-corrected chi connectivity index (χ4v) is 1.06. The third kappa shape index (κ3) is 1.66. The van der Waals surface area contributed by atoms with E-state index in [-0.39, 0.29) is 5.92 Å². The lowest BCUT2D eigenvalue weighted by atomic mass is 9.83. The smallest absolute Gasteiger partial charge is 0.182 e. The third-order valence-corrected chi connectivity index (χ3v) is 1.91. The number of hydrogen-bond donors (Lipinski definition) is 1. The molecule has 0 aromatic carbocycles. The Morgan fingerprint density at radius 3 is 1.45 bits per heavy atom. The van der Waals surface area contributed by atoms with Gasteiger partial charge in [-0.05, 0) is 19.8 Å². The number of carbonyl (C=O) groups is 2. The molecule has 0 saturated heterocycles. The predicted molar refractivity (Wildman–Crippen MR) is 41.1 cm³/mol. The molecule has 0 fully saturated rings. The highest BCUT2D eigenvalue weighted by atomic mass is 16.3. The van der Waals surface area contributed by atoms with Crippen LogP contribution in [0.3, 0.4) is 0 Å². The molecule has 0 atom stereocenters. The van der Waals surface area contributed by atoms with Crippen molar-refractivity contribution >= 4 is 11.6 Å². The minimum atomic E-state index is -1.78. The van der Waals surface area contributed by atoms with Crippen LogP contribution in [0, 0.1) is 5.92 Å². The lowest BCUT2D eigenvalue weighted by Crippen LogP contribution is -2.48. The summed E-state index contributed by atoms with van der Waals surface area (Å²) in [4.78, 5) is 21.8. The maximum Gasteiger partial charge on any atom is 0.182 e. The van der Waals surface area contributed by atoms with E-state index in [1.807, 2.05) is 0 Å². The first kappa shape index (κ1) is 10.3. The molecule has 0 aliphatic heterocycles. The lowest BCUT2D eigenvalue weighted by Gasteiger charge is -2.25. The Morgan fingerprint density at radius 1 is 1.18 bits per heavy atom. The van der Waals surface area contributed by atoms with Crippen LogP contribution in [-0.2, 0) is 9.59 Å². The number of hydrogen-bond acceptors (Lipinski definition) is 3. The van der Waals surface area contributed by atoms with Crippen LogP contribution >= 0.6 is 0 Å². The monoisotopic (exact) mass is 158 g/mol. The van der Waals surface area contributed by atoms with Crippen molar-refractivity contribution in [2.24, 2.45) is 5.92 Å². The Morgan fingerprint density at radius 2 is 1.45 bits per heavy atom. The molecule has 0 aromatic heterocycles. The average Bonchev–Trinajstić information content (AvgIpc) is 1.84. The minimum Gasteiger partial charge on any atom is -0.374 e. The van der Waals surface area contributed by atoms with Gasteiger partial charge in [0.1, 0.15) is 0 Å². The van der Waals surface area contributed by atoms with Crippen LogP contribution in [0.2, 0.25) is 0 Å². The van der Waals surface area contributed by atoms with Crippen molar-refractivity contribution in [3.05, 3.63) is 0 Å². The number of carbonyl (C=O) groups excluding carboxylic acids is 2. The fraction of sp³-hybridized carbons (Fsp3) is 0.750. The van der Waals surface area contributed by atoms with Crippen molar-refractivity contribution < 1.29 is 14.7 Å². The molecule has 0 spiro atoms. The van der Waals surface area contributed by atoms with Gasteiger partial charge in [0, 0.05) is 0 Å². The summed E-state index contributed by atoms with van der Waals surface area (Å²) in [6, 6.07) is 0. The van der Waals surface area contributed by atoms with Crippen LogP contribution in [0.15, 0.2) is 0 Å². The van der Waals surface area contributed by atoms with E-state index in [1.165, 1.54) is 13.8 Å². The van der Waals surface area contributed by atoms with Crippen LogP contribution in [0.5, 0.6) is 0 Å². The molecule has 0 heterocycles. The van der Waals surface area contributed by atoms with Gasteiger partial charge in [-0.15, -0.1) is 0 Å². The second-order valence-electron chi connectivity index (χ2n) is 3.03. The largest absolute Gasteiger partial charge is 0.374 e. The van der Waals surface area contributed by atoms with E-state index in [1.54, 1.807) is 13.8 Å². The SMILES string of the molecule is CC(=O)C(O)(C(C)=O)C(C)C. The highest BCUT2D eigenvalue weighted by Crippen LogP contribution is 2.18. The van der Waals surface area contributed by atoms with Crippen LogP contribution < -0.4 is 0 Å². The minimum absolute atomic E-state index is 0.363. The van der Waals surface area contributed by atoms with Crippen molar-refractivity contribution in [1.82, 2.24) is 0 Å². The van der Waals surface area contributed by atoms with E-state index >= 15 is 0 Å². The van der Waals surface area contributed by atoms with Gasteiger partial charge in [0.2, 0.25) is 0 Å². The molecule has 0 unspecified atom stereocenters. The van der Waals surface area contributed by atoms with Crippen molar-refractivity contribution in [2.45, 2.75) is 33.3 Å². The molecule has 0 aliphatic rings. The molecule has 0 aliphatic carbocycles. The number of rotatable bonds is 3. The molecule has 1 N–H and O–H groups in total. The number of Topliss-reactive ketones (excluding diaryl/α,β-unsaturated/α-hetero) is 2. The second-order valence-corrected chi connectivity index (χ2v) is 3.03. The van der Waals surface area contributed by atoms with Crippen LogP contribution in [0.4, 0.5) is 0 Å². The zero-order chi connectivity index (χ0) is 9.23. The van der Waals surface area contributed by atoms with Crippen LogP contribution in [-0.4, -0.2) is 22.3 Å². The summed E-state index contributed by atoms with van der Waals surface area (Å²) in [5.74, 6) is -1.34. The molecule has 0 saturated carbocycles. The third-order valence-electron chi connectivity index (χ3n) is 1.91. The van der Waals surface area contributed by atoms with Crippen molar-refractivity contribution in [3.63, 3.8) is 0 Å². The second kappa shape index (κ2) is 3.13. The summed E-state index contributed by atoms with van der Waals surface area (Å²) in [7, 11) is 0. The molecule has 3 nitrogen and oxygen atoms in total. The highest BCUT2D eigenvalue weighted by Gasteiger charge is 2.40. The van der Waals surface area contributed by atoms with E-state index in [0.717, 1.165) is 0 Å². The van der Waals surface area contributed by atoms with E-state index in [2.05, 4.69) is 0 Å². The Labute approximate surface area is 66.4 Å². The molecule has 3 heteroatoms. The molecule has 11 heavy (non-hydrogen) atoms. The van der Waals surface area contributed by atoms with Gasteiger partial charge >= 0.3 is 0 Å². The Balaban J connectivity index is 4.82. The molecule has 0 rings (SSSR count). The predicted octanol–water partition coefficient (Wildman–Crippen LogP) is 0.552. The molecule has 0 aromatic rings. The van der Waals surface area contributed by atoms with Gasteiger partial charge in [-0.25, -0.2) is 0 Å². The van der Waals surface area contributed by atoms with Crippen LogP contribution in [0.1, 0.15) is 27.7 Å². The lowest BCUT2D eigenvalue weighted by molar-refractivity contribution is -0.152. The number of ketones is 2. The van der Waals surface area contributed by atoms with E-state index in [4.69, 9.17) is 0 Å². The van der Waals surface area contributed by atoms with Gasteiger partial charge in [-0.1, -0.05) is 13.8 Å². The zero-order valence-corrected chi connectivity index (χ0v) is 7.34. The van der Waals surface area contributed by atoms with Gasteiger partial charge < -0.3 is 5.11 Å². The number of aliphatic hydroxyl groups is 1. The first-order valence-corrected chi connectivity index (χ1v) is 3.58. The fourth-order valence-electron chi connectivity index (χ4n) is 1.06. The van der Waals surface area contributed by atoms with Crippen LogP contribution in [0.25, 0.3) is 0 Å². The maximum absolute atomic E-state index is 10.9. The zero-order valence-electron chi connectivity index (χ0n) is 7.34. The molecule has 0 radical (unpaired) electrons. The first-order chi connectivity index (χ1) is 4.83. The normalized spacial score (nSPS) is 11.8. The van der Waals surface area contributed by atoms with E-state index < -0.39 is 17.2 Å². The molecule has 0 bridgehead atoms. The summed E-state index contributed by atoms with van der Waals surface area (Å²) >= 11 is 0. The quantitative estimate of drug-likeness (QED) is 0.610. The summed E-state index contributed by atoms with van der Waals surface area (Å²) in [6.07, 6.45) is 0. The van der Waals surface area contributed by atoms with Gasteiger partial charge in [-0.2, -0.15) is 0 Å². The summed E-state index contributed by atoms with van der Waals surface area (Å²) in [5.41, 5.74) is -1.78. The van der Waals surface area contributed by atoms with Crippen molar-refractivity contribution in [1.29, 1.82) is 0 Å². The van der Waals surface area contributed by atoms with Gasteiger partial charge in [-0.3, -0.25) is 9.59 Å². The van der Waals surface area contributed by atoms with Gasteiger partial charge in [0.25, 0.3) is 0 Å². The van der Waals surface area contributed by atoms with E-state index in [9.17, 15) is 14.7 Å². The molecule has 0 amide bonds. The molecule has 64 valence electrons. The Kier molecular flexibility index (Phi) is 2.93. The van der Waals surface area contributed by atoms with Gasteiger partial charge in [0.15, 0.2) is 17.2 Å². The van der Waals surface area contributed by atoms with Gasteiger partial charge in [0.05, 0.1) is 0 Å². The first-order valence-electron chi connectivity index (χ1n) is 3.58. The highest BCUT2D eigenvalue weighted by molar-refractivity contribution is 6.08. The summed E-state index contributed by atoms with van der Waals surface area (Å²) in [5, 5.41) is 9.54. The van der Waals surface area contributed by atoms with Crippen molar-refractivity contribution in [2.75, 3.05) is 0 Å². The average molecular weight is 158 g/mol. The summed E-state index contributed by atoms with van der Waals surface area (Å²) < 4.78 is 0. The maximum atomic E-state index is 10.9. The molecular weight excluding hydrogens is 144 g/mol. The topological polar surface area (TPSA) is 54.4 Å². The van der Waals surface area contributed by atoms with E-state index in [0.29, 0.717) is 0 Å². The summed E-state index contributed by atoms with van der Waals surface area (Å²) in [6.45, 7) is 5.73. The van der Waals surface area contributed by atoms with Crippen molar-refractivity contribution in [3.8, 4) is 0 Å². The standard InChI is InChI=1S/C8H14O3/c1-5(2)8(11,6(3)9)7(4)10/h5,11H,1-4H3.